The first-order chi connectivity index (χ1) is 8.11. The lowest BCUT2D eigenvalue weighted by Crippen LogP contribution is -2.38. The maximum atomic E-state index is 11.7. The van der Waals surface area contributed by atoms with Crippen LogP contribution in [0, 0.1) is 0 Å². The Bertz CT molecular complexity index is 389. The van der Waals surface area contributed by atoms with E-state index in [0.29, 0.717) is 6.54 Å². The number of ether oxygens (including phenoxy) is 1. The van der Waals surface area contributed by atoms with E-state index >= 15 is 0 Å². The van der Waals surface area contributed by atoms with Crippen LogP contribution in [0.2, 0.25) is 0 Å². The molecule has 0 aliphatic rings. The molecule has 1 amide bonds. The Kier molecular flexibility index (Phi) is 4.69. The predicted octanol–water partition coefficient (Wildman–Crippen LogP) is 2.41. The number of ketones is 1. The van der Waals surface area contributed by atoms with Gasteiger partial charge in [-0.05, 0) is 19.4 Å². The number of benzene rings is 1. The molecule has 1 atom stereocenters. The zero-order chi connectivity index (χ0) is 12.8. The monoisotopic (exact) mass is 235 g/mol. The van der Waals surface area contributed by atoms with Crippen LogP contribution in [-0.2, 0) is 9.53 Å². The van der Waals surface area contributed by atoms with Crippen molar-refractivity contribution < 1.29 is 14.3 Å². The number of carbonyl (C=O) groups excluding carboxylic acids is 2. The molecule has 0 fully saturated rings. The Morgan fingerprint density at radius 2 is 1.88 bits per heavy atom. The summed E-state index contributed by atoms with van der Waals surface area (Å²) in [6.45, 7) is 3.71. The fourth-order valence-electron chi connectivity index (χ4n) is 1.80. The number of likely N-dealkylation sites (N-methyl/N-ethyl adjacent to an activating group) is 1. The minimum atomic E-state index is -0.575. The van der Waals surface area contributed by atoms with Crippen molar-refractivity contribution in [3.63, 3.8) is 0 Å². The molecule has 0 aromatic heterocycles. The number of hydrogen-bond acceptors (Lipinski definition) is 3. The number of amides is 1. The normalized spacial score (nSPS) is 11.7. The second-order valence-electron chi connectivity index (χ2n) is 3.68. The Morgan fingerprint density at radius 3 is 2.29 bits per heavy atom. The molecular weight excluding hydrogens is 218 g/mol. The molecule has 0 aliphatic heterocycles. The minimum Gasteiger partial charge on any atom is -0.453 e. The van der Waals surface area contributed by atoms with Crippen LogP contribution < -0.4 is 0 Å². The van der Waals surface area contributed by atoms with E-state index in [1.54, 1.807) is 0 Å². The maximum absolute atomic E-state index is 11.7. The third kappa shape index (κ3) is 3.06. The standard InChI is InChI=1S/C13H17NO3/c1-4-14(13(16)17-3)12(10(2)15)11-8-6-5-7-9-11/h5-9,12H,4H2,1-3H3. The number of Topliss-reactive ketones (excluding diaryl/α,β-unsaturated/α-hetero) is 1. The highest BCUT2D eigenvalue weighted by molar-refractivity contribution is 5.86. The maximum Gasteiger partial charge on any atom is 0.410 e. The van der Waals surface area contributed by atoms with Gasteiger partial charge in [-0.2, -0.15) is 0 Å². The molecule has 17 heavy (non-hydrogen) atoms. The number of nitrogens with zero attached hydrogens (tertiary/aromatic N) is 1. The van der Waals surface area contributed by atoms with Gasteiger partial charge >= 0.3 is 6.09 Å². The van der Waals surface area contributed by atoms with Crippen molar-refractivity contribution in [2.75, 3.05) is 13.7 Å². The highest BCUT2D eigenvalue weighted by Gasteiger charge is 2.27. The zero-order valence-corrected chi connectivity index (χ0v) is 10.3. The summed E-state index contributed by atoms with van der Waals surface area (Å²) in [4.78, 5) is 24.7. The van der Waals surface area contributed by atoms with Gasteiger partial charge in [0.05, 0.1) is 7.11 Å². The van der Waals surface area contributed by atoms with Gasteiger partial charge in [0.2, 0.25) is 0 Å². The molecular formula is C13H17NO3. The van der Waals surface area contributed by atoms with Crippen molar-refractivity contribution in [3.8, 4) is 0 Å². The van der Waals surface area contributed by atoms with Crippen molar-refractivity contribution >= 4 is 11.9 Å². The Morgan fingerprint density at radius 1 is 1.29 bits per heavy atom. The minimum absolute atomic E-state index is 0.0801. The van der Waals surface area contributed by atoms with Gasteiger partial charge in [-0.1, -0.05) is 30.3 Å². The van der Waals surface area contributed by atoms with E-state index in [4.69, 9.17) is 4.74 Å². The van der Waals surface area contributed by atoms with Gasteiger partial charge in [0.15, 0.2) is 5.78 Å². The van der Waals surface area contributed by atoms with E-state index in [0.717, 1.165) is 5.56 Å². The molecule has 0 heterocycles. The Hall–Kier alpha value is -1.84. The lowest BCUT2D eigenvalue weighted by atomic mass is 10.0. The van der Waals surface area contributed by atoms with Crippen LogP contribution in [0.1, 0.15) is 25.5 Å². The molecule has 0 N–H and O–H groups in total. The van der Waals surface area contributed by atoms with Crippen LogP contribution in [0.5, 0.6) is 0 Å². The fourth-order valence-corrected chi connectivity index (χ4v) is 1.80. The van der Waals surface area contributed by atoms with E-state index < -0.39 is 12.1 Å². The molecule has 1 aromatic carbocycles. The van der Waals surface area contributed by atoms with Crippen LogP contribution in [0.4, 0.5) is 4.79 Å². The number of methoxy groups -OCH3 is 1. The van der Waals surface area contributed by atoms with Crippen LogP contribution in [0.25, 0.3) is 0 Å². The summed E-state index contributed by atoms with van der Waals surface area (Å²) in [5.74, 6) is -0.0801. The van der Waals surface area contributed by atoms with E-state index in [-0.39, 0.29) is 5.78 Å². The van der Waals surface area contributed by atoms with Gasteiger partial charge in [0.25, 0.3) is 0 Å². The highest BCUT2D eigenvalue weighted by atomic mass is 16.5. The van der Waals surface area contributed by atoms with E-state index in [1.807, 2.05) is 37.3 Å². The molecule has 4 nitrogen and oxygen atoms in total. The zero-order valence-electron chi connectivity index (χ0n) is 10.3. The topological polar surface area (TPSA) is 46.6 Å². The second kappa shape index (κ2) is 6.03. The smallest absolute Gasteiger partial charge is 0.410 e. The average molecular weight is 235 g/mol. The first kappa shape index (κ1) is 13.2. The van der Waals surface area contributed by atoms with E-state index in [2.05, 4.69) is 0 Å². The first-order valence-electron chi connectivity index (χ1n) is 5.51. The average Bonchev–Trinajstić information content (AvgIpc) is 2.35. The van der Waals surface area contributed by atoms with Crippen LogP contribution in [0.15, 0.2) is 30.3 Å². The Balaban J connectivity index is 3.08. The van der Waals surface area contributed by atoms with E-state index in [9.17, 15) is 9.59 Å². The van der Waals surface area contributed by atoms with Crippen LogP contribution in [0.3, 0.4) is 0 Å². The van der Waals surface area contributed by atoms with Gasteiger partial charge in [-0.25, -0.2) is 4.79 Å². The van der Waals surface area contributed by atoms with Crippen molar-refractivity contribution in [2.45, 2.75) is 19.9 Å². The van der Waals surface area contributed by atoms with Gasteiger partial charge in [-0.15, -0.1) is 0 Å². The molecule has 0 saturated carbocycles. The summed E-state index contributed by atoms with van der Waals surface area (Å²) in [6.07, 6.45) is -0.489. The lowest BCUT2D eigenvalue weighted by Gasteiger charge is -2.27. The second-order valence-corrected chi connectivity index (χ2v) is 3.68. The molecule has 1 rings (SSSR count). The number of rotatable bonds is 4. The van der Waals surface area contributed by atoms with Gasteiger partial charge in [-0.3, -0.25) is 9.69 Å². The molecule has 1 unspecified atom stereocenters. The molecule has 0 radical (unpaired) electrons. The number of hydrogen-bond donors (Lipinski definition) is 0. The molecule has 0 spiro atoms. The third-order valence-electron chi connectivity index (χ3n) is 2.56. The van der Waals surface area contributed by atoms with Crippen molar-refractivity contribution in [1.29, 1.82) is 0 Å². The first-order valence-corrected chi connectivity index (χ1v) is 5.51. The van der Waals surface area contributed by atoms with Crippen molar-refractivity contribution in [1.82, 2.24) is 4.90 Å². The SMILES string of the molecule is CCN(C(=O)OC)C(C(C)=O)c1ccccc1. The van der Waals surface area contributed by atoms with Gasteiger partial charge < -0.3 is 4.74 Å². The summed E-state index contributed by atoms with van der Waals surface area (Å²) >= 11 is 0. The van der Waals surface area contributed by atoms with Crippen molar-refractivity contribution in [3.05, 3.63) is 35.9 Å². The van der Waals surface area contributed by atoms with Crippen LogP contribution in [-0.4, -0.2) is 30.4 Å². The molecule has 0 aliphatic carbocycles. The third-order valence-corrected chi connectivity index (χ3v) is 2.56. The lowest BCUT2D eigenvalue weighted by molar-refractivity contribution is -0.121. The molecule has 4 heteroatoms. The molecule has 1 aromatic rings. The predicted molar refractivity (Wildman–Crippen MR) is 64.6 cm³/mol. The largest absolute Gasteiger partial charge is 0.453 e. The summed E-state index contributed by atoms with van der Waals surface area (Å²) in [5, 5.41) is 0. The summed E-state index contributed by atoms with van der Waals surface area (Å²) in [7, 11) is 1.31. The van der Waals surface area contributed by atoms with Crippen molar-refractivity contribution in [2.24, 2.45) is 0 Å². The summed E-state index contributed by atoms with van der Waals surface area (Å²) in [5.41, 5.74) is 0.798. The van der Waals surface area contributed by atoms with Gasteiger partial charge in [0, 0.05) is 6.54 Å². The summed E-state index contributed by atoms with van der Waals surface area (Å²) < 4.78 is 4.69. The highest BCUT2D eigenvalue weighted by Crippen LogP contribution is 2.22. The van der Waals surface area contributed by atoms with Gasteiger partial charge in [0.1, 0.15) is 6.04 Å². The summed E-state index contributed by atoms with van der Waals surface area (Å²) in [6, 6.07) is 8.64. The quantitative estimate of drug-likeness (QED) is 0.805. The van der Waals surface area contributed by atoms with Crippen LogP contribution >= 0.6 is 0 Å². The van der Waals surface area contributed by atoms with E-state index in [1.165, 1.54) is 18.9 Å². The Labute approximate surface area is 101 Å². The molecule has 0 bridgehead atoms. The molecule has 0 saturated heterocycles. The molecule has 92 valence electrons. The number of carbonyl (C=O) groups is 2. The fraction of sp³-hybridized carbons (Fsp3) is 0.385.